The molecule has 102 valence electrons. The second-order valence-corrected chi connectivity index (χ2v) is 5.47. The Morgan fingerprint density at radius 2 is 2.15 bits per heavy atom. The number of imide groups is 1. The molecule has 1 aromatic carbocycles. The number of anilines is 1. The van der Waals surface area contributed by atoms with Gasteiger partial charge in [-0.05, 0) is 18.6 Å². The molecule has 1 aliphatic heterocycles. The summed E-state index contributed by atoms with van der Waals surface area (Å²) in [5, 5.41) is 2.60. The van der Waals surface area contributed by atoms with E-state index in [1.807, 2.05) is 12.3 Å². The normalized spacial score (nSPS) is 15.6. The molecule has 0 aliphatic carbocycles. The van der Waals surface area contributed by atoms with E-state index in [1.54, 1.807) is 24.4 Å². The van der Waals surface area contributed by atoms with Crippen LogP contribution in [0.1, 0.15) is 45.1 Å². The lowest BCUT2D eigenvalue weighted by atomic mass is 10.1. The summed E-state index contributed by atoms with van der Waals surface area (Å²) in [6.45, 7) is 1.93. The molecule has 0 spiro atoms. The van der Waals surface area contributed by atoms with Gasteiger partial charge in [0.25, 0.3) is 11.8 Å². The zero-order valence-electron chi connectivity index (χ0n) is 10.9. The van der Waals surface area contributed by atoms with Crippen LogP contribution >= 0.6 is 11.3 Å². The summed E-state index contributed by atoms with van der Waals surface area (Å²) in [7, 11) is 0. The summed E-state index contributed by atoms with van der Waals surface area (Å²) in [5.41, 5.74) is 6.87. The monoisotopic (exact) mass is 287 g/mol. The number of carbonyl (C=O) groups is 2. The summed E-state index contributed by atoms with van der Waals surface area (Å²) >= 11 is 1.44. The van der Waals surface area contributed by atoms with Crippen LogP contribution < -0.4 is 5.73 Å². The molecule has 0 saturated carbocycles. The maximum Gasteiger partial charge on any atom is 0.264 e. The molecule has 2 amide bonds. The number of fused-ring (bicyclic) bond motifs is 1. The Labute approximate surface area is 120 Å². The molecule has 0 radical (unpaired) electrons. The van der Waals surface area contributed by atoms with Crippen LogP contribution in [0, 0.1) is 0 Å². The molecule has 0 fully saturated rings. The molecule has 3 rings (SSSR count). The summed E-state index contributed by atoms with van der Waals surface area (Å²) in [6.07, 6.45) is 2.30. The zero-order chi connectivity index (χ0) is 14.3. The van der Waals surface area contributed by atoms with Gasteiger partial charge in [-0.15, -0.1) is 11.3 Å². The first-order valence-electron chi connectivity index (χ1n) is 6.31. The first kappa shape index (κ1) is 12.8. The number of nitrogens with zero attached hydrogens (tertiary/aromatic N) is 2. The van der Waals surface area contributed by atoms with Crippen LogP contribution in [0.2, 0.25) is 0 Å². The van der Waals surface area contributed by atoms with Gasteiger partial charge in [0.15, 0.2) is 0 Å². The fraction of sp³-hybridized carbons (Fsp3) is 0.214. The lowest BCUT2D eigenvalue weighted by Crippen LogP contribution is -2.33. The molecule has 1 atom stereocenters. The molecule has 5 nitrogen and oxygen atoms in total. The number of hydrogen-bond acceptors (Lipinski definition) is 5. The van der Waals surface area contributed by atoms with Crippen molar-refractivity contribution in [2.24, 2.45) is 0 Å². The molecule has 1 aliphatic rings. The maximum absolute atomic E-state index is 12.5. The second kappa shape index (κ2) is 4.72. The Balaban J connectivity index is 2.07. The third-order valence-corrected chi connectivity index (χ3v) is 4.29. The standard InChI is InChI=1S/C14H13N3O2S/c1-2-10(12-16-6-7-20-12)17-13(18)8-4-3-5-9(15)11(8)14(17)19/h3-7,10H,2,15H2,1H3. The van der Waals surface area contributed by atoms with Crippen LogP contribution in [-0.2, 0) is 0 Å². The maximum atomic E-state index is 12.5. The third-order valence-electron chi connectivity index (χ3n) is 3.41. The molecule has 1 aromatic heterocycles. The van der Waals surface area contributed by atoms with Gasteiger partial charge in [-0.2, -0.15) is 0 Å². The highest BCUT2D eigenvalue weighted by atomic mass is 32.1. The van der Waals surface area contributed by atoms with Crippen molar-refractivity contribution >= 4 is 28.8 Å². The van der Waals surface area contributed by atoms with Crippen LogP contribution in [0.4, 0.5) is 5.69 Å². The van der Waals surface area contributed by atoms with Crippen LogP contribution in [0.25, 0.3) is 0 Å². The Morgan fingerprint density at radius 3 is 2.75 bits per heavy atom. The van der Waals surface area contributed by atoms with Gasteiger partial charge in [-0.1, -0.05) is 13.0 Å². The van der Waals surface area contributed by atoms with E-state index >= 15 is 0 Å². The first-order chi connectivity index (χ1) is 9.65. The van der Waals surface area contributed by atoms with Crippen molar-refractivity contribution in [3.05, 3.63) is 45.9 Å². The van der Waals surface area contributed by atoms with Crippen molar-refractivity contribution in [1.29, 1.82) is 0 Å². The number of hydrogen-bond donors (Lipinski definition) is 1. The van der Waals surface area contributed by atoms with E-state index in [4.69, 9.17) is 5.73 Å². The van der Waals surface area contributed by atoms with Crippen molar-refractivity contribution in [1.82, 2.24) is 9.88 Å². The topological polar surface area (TPSA) is 76.3 Å². The van der Waals surface area contributed by atoms with Crippen LogP contribution in [-0.4, -0.2) is 21.7 Å². The summed E-state index contributed by atoms with van der Waals surface area (Å²) in [5.74, 6) is -0.621. The minimum Gasteiger partial charge on any atom is -0.398 e. The van der Waals surface area contributed by atoms with Gasteiger partial charge in [0, 0.05) is 17.3 Å². The summed E-state index contributed by atoms with van der Waals surface area (Å²) < 4.78 is 0. The fourth-order valence-electron chi connectivity index (χ4n) is 2.48. The van der Waals surface area contributed by atoms with Gasteiger partial charge in [0.2, 0.25) is 0 Å². The molecule has 1 unspecified atom stereocenters. The van der Waals surface area contributed by atoms with Crippen LogP contribution in [0.3, 0.4) is 0 Å². The highest BCUT2D eigenvalue weighted by Crippen LogP contribution is 2.35. The van der Waals surface area contributed by atoms with Crippen molar-refractivity contribution in [3.8, 4) is 0 Å². The molecular formula is C14H13N3O2S. The molecule has 2 aromatic rings. The molecule has 20 heavy (non-hydrogen) atoms. The number of carbonyl (C=O) groups excluding carboxylic acids is 2. The van der Waals surface area contributed by atoms with Gasteiger partial charge in [0.1, 0.15) is 5.01 Å². The highest BCUT2D eigenvalue weighted by molar-refractivity contribution is 7.09. The number of nitrogen functional groups attached to an aromatic ring is 1. The summed E-state index contributed by atoms with van der Waals surface area (Å²) in [4.78, 5) is 30.5. The van der Waals surface area contributed by atoms with E-state index in [2.05, 4.69) is 4.98 Å². The largest absolute Gasteiger partial charge is 0.398 e. The number of nitrogens with two attached hydrogens (primary N) is 1. The first-order valence-corrected chi connectivity index (χ1v) is 7.19. The number of benzene rings is 1. The molecule has 0 bridgehead atoms. The third kappa shape index (κ3) is 1.72. The predicted molar refractivity (Wildman–Crippen MR) is 76.5 cm³/mol. The Kier molecular flexibility index (Phi) is 3.02. The fourth-order valence-corrected chi connectivity index (χ4v) is 3.29. The molecule has 2 N–H and O–H groups in total. The van der Waals surface area contributed by atoms with E-state index in [1.165, 1.54) is 16.2 Å². The molecule has 6 heteroatoms. The van der Waals surface area contributed by atoms with Gasteiger partial charge in [-0.25, -0.2) is 4.98 Å². The number of rotatable bonds is 3. The molecular weight excluding hydrogens is 274 g/mol. The van der Waals surface area contributed by atoms with E-state index in [0.717, 1.165) is 5.01 Å². The van der Waals surface area contributed by atoms with Gasteiger partial charge >= 0.3 is 0 Å². The van der Waals surface area contributed by atoms with Gasteiger partial charge in [-0.3, -0.25) is 14.5 Å². The van der Waals surface area contributed by atoms with E-state index in [-0.39, 0.29) is 17.9 Å². The van der Waals surface area contributed by atoms with Crippen molar-refractivity contribution in [3.63, 3.8) is 0 Å². The predicted octanol–water partition coefficient (Wildman–Crippen LogP) is 2.47. The molecule has 0 saturated heterocycles. The van der Waals surface area contributed by atoms with E-state index in [0.29, 0.717) is 23.2 Å². The van der Waals surface area contributed by atoms with Gasteiger partial charge in [0.05, 0.1) is 17.2 Å². The van der Waals surface area contributed by atoms with Crippen molar-refractivity contribution in [2.45, 2.75) is 19.4 Å². The van der Waals surface area contributed by atoms with Crippen molar-refractivity contribution < 1.29 is 9.59 Å². The zero-order valence-corrected chi connectivity index (χ0v) is 11.7. The quantitative estimate of drug-likeness (QED) is 0.695. The number of thiazole rings is 1. The minimum atomic E-state index is -0.332. The lowest BCUT2D eigenvalue weighted by molar-refractivity contribution is 0.0578. The summed E-state index contributed by atoms with van der Waals surface area (Å²) in [6, 6.07) is 4.63. The Hall–Kier alpha value is -2.21. The van der Waals surface area contributed by atoms with E-state index < -0.39 is 0 Å². The highest BCUT2D eigenvalue weighted by Gasteiger charge is 2.41. The lowest BCUT2D eigenvalue weighted by Gasteiger charge is -2.23. The van der Waals surface area contributed by atoms with Crippen LogP contribution in [0.5, 0.6) is 0 Å². The average Bonchev–Trinajstić information content (AvgIpc) is 3.03. The SMILES string of the molecule is CCC(c1nccs1)N1C(=O)c2cccc(N)c2C1=O. The molecule has 2 heterocycles. The van der Waals surface area contributed by atoms with Gasteiger partial charge < -0.3 is 5.73 Å². The minimum absolute atomic E-state index is 0.292. The average molecular weight is 287 g/mol. The Morgan fingerprint density at radius 1 is 1.35 bits per heavy atom. The second-order valence-electron chi connectivity index (χ2n) is 4.54. The van der Waals surface area contributed by atoms with Crippen LogP contribution in [0.15, 0.2) is 29.8 Å². The van der Waals surface area contributed by atoms with E-state index in [9.17, 15) is 9.59 Å². The number of amides is 2. The Bertz CT molecular complexity index is 682. The van der Waals surface area contributed by atoms with Crippen molar-refractivity contribution in [2.75, 3.05) is 5.73 Å². The number of aromatic nitrogens is 1. The smallest absolute Gasteiger partial charge is 0.264 e.